The maximum atomic E-state index is 11.7. The van der Waals surface area contributed by atoms with Crippen molar-refractivity contribution in [2.75, 3.05) is 11.1 Å². The second kappa shape index (κ2) is 6.48. The van der Waals surface area contributed by atoms with Gasteiger partial charge in [0.25, 0.3) is 0 Å². The zero-order valence-electron chi connectivity index (χ0n) is 9.51. The van der Waals surface area contributed by atoms with Crippen molar-refractivity contribution in [3.63, 3.8) is 0 Å². The maximum Gasteiger partial charge on any atom is 0.234 e. The highest BCUT2D eigenvalue weighted by molar-refractivity contribution is 14.1. The van der Waals surface area contributed by atoms with E-state index in [1.165, 1.54) is 23.1 Å². The summed E-state index contributed by atoms with van der Waals surface area (Å²) in [5.74, 6) is 0.315. The van der Waals surface area contributed by atoms with Crippen molar-refractivity contribution in [1.82, 2.24) is 10.2 Å². The van der Waals surface area contributed by atoms with Gasteiger partial charge in [0.05, 0.1) is 5.75 Å². The number of hydrogen-bond acceptors (Lipinski definition) is 5. The lowest BCUT2D eigenvalue weighted by molar-refractivity contribution is -0.113. The summed E-state index contributed by atoms with van der Waals surface area (Å²) in [6, 6.07) is 7.70. The first-order chi connectivity index (χ1) is 8.63. The third kappa shape index (κ3) is 4.21. The number of amides is 1. The smallest absolute Gasteiger partial charge is 0.234 e. The first-order valence-electron chi connectivity index (χ1n) is 5.12. The molecular formula is C11H10IN3OS2. The first-order valence-corrected chi connectivity index (χ1v) is 8.00. The van der Waals surface area contributed by atoms with Gasteiger partial charge in [0.2, 0.25) is 5.91 Å². The van der Waals surface area contributed by atoms with E-state index < -0.39 is 0 Å². The van der Waals surface area contributed by atoms with Crippen LogP contribution >= 0.6 is 45.7 Å². The molecule has 0 saturated heterocycles. The summed E-state index contributed by atoms with van der Waals surface area (Å²) in [6.45, 7) is 1.90. The van der Waals surface area contributed by atoms with E-state index >= 15 is 0 Å². The van der Waals surface area contributed by atoms with Gasteiger partial charge in [0.15, 0.2) is 4.34 Å². The number of thioether (sulfide) groups is 1. The van der Waals surface area contributed by atoms with Crippen molar-refractivity contribution in [3.05, 3.63) is 32.8 Å². The number of carbonyl (C=O) groups excluding carboxylic acids is 1. The molecule has 7 heteroatoms. The SMILES string of the molecule is Cc1nnc(SCC(=O)Nc2cccc(I)c2)s1. The average molecular weight is 391 g/mol. The number of anilines is 1. The molecule has 18 heavy (non-hydrogen) atoms. The summed E-state index contributed by atoms with van der Waals surface area (Å²) in [7, 11) is 0. The van der Waals surface area contributed by atoms with Gasteiger partial charge in [0.1, 0.15) is 5.01 Å². The van der Waals surface area contributed by atoms with Crippen LogP contribution in [0.15, 0.2) is 28.6 Å². The van der Waals surface area contributed by atoms with E-state index in [0.717, 1.165) is 18.6 Å². The molecule has 0 aliphatic carbocycles. The molecule has 0 atom stereocenters. The summed E-state index contributed by atoms with van der Waals surface area (Å²) >= 11 is 5.11. The van der Waals surface area contributed by atoms with Crippen molar-refractivity contribution < 1.29 is 4.79 Å². The molecule has 0 unspecified atom stereocenters. The molecule has 0 spiro atoms. The van der Waals surface area contributed by atoms with E-state index in [0.29, 0.717) is 5.75 Å². The minimum Gasteiger partial charge on any atom is -0.325 e. The molecule has 0 aliphatic heterocycles. The van der Waals surface area contributed by atoms with Crippen LogP contribution in [0.1, 0.15) is 5.01 Å². The number of nitrogens with zero attached hydrogens (tertiary/aromatic N) is 2. The minimum atomic E-state index is -0.0325. The predicted octanol–water partition coefficient (Wildman–Crippen LogP) is 3.18. The van der Waals surface area contributed by atoms with Gasteiger partial charge < -0.3 is 5.32 Å². The highest BCUT2D eigenvalue weighted by Crippen LogP contribution is 2.22. The second-order valence-corrected chi connectivity index (χ2v) is 7.08. The molecular weight excluding hydrogens is 381 g/mol. The van der Waals surface area contributed by atoms with E-state index in [1.807, 2.05) is 31.2 Å². The molecule has 1 N–H and O–H groups in total. The molecule has 1 heterocycles. The fraction of sp³-hybridized carbons (Fsp3) is 0.182. The summed E-state index contributed by atoms with van der Waals surface area (Å²) in [5.41, 5.74) is 0.820. The molecule has 2 aromatic rings. The van der Waals surface area contributed by atoms with Crippen LogP contribution in [-0.2, 0) is 4.79 Å². The molecule has 1 aromatic heterocycles. The van der Waals surface area contributed by atoms with Crippen molar-refractivity contribution in [1.29, 1.82) is 0 Å². The zero-order valence-corrected chi connectivity index (χ0v) is 13.3. The summed E-state index contributed by atoms with van der Waals surface area (Å²) in [4.78, 5) is 11.7. The van der Waals surface area contributed by atoms with Crippen molar-refractivity contribution in [2.45, 2.75) is 11.3 Å². The molecule has 0 bridgehead atoms. The maximum absolute atomic E-state index is 11.7. The predicted molar refractivity (Wildman–Crippen MR) is 83.2 cm³/mol. The van der Waals surface area contributed by atoms with Gasteiger partial charge in [0, 0.05) is 9.26 Å². The van der Waals surface area contributed by atoms with Gasteiger partial charge in [-0.2, -0.15) is 0 Å². The van der Waals surface area contributed by atoms with E-state index in [-0.39, 0.29) is 5.91 Å². The normalized spacial score (nSPS) is 10.3. The molecule has 4 nitrogen and oxygen atoms in total. The fourth-order valence-corrected chi connectivity index (χ4v) is 3.39. The topological polar surface area (TPSA) is 54.9 Å². The number of halogens is 1. The Labute approximate surface area is 127 Å². The van der Waals surface area contributed by atoms with Gasteiger partial charge in [-0.25, -0.2) is 0 Å². The lowest BCUT2D eigenvalue weighted by Gasteiger charge is -2.04. The van der Waals surface area contributed by atoms with Crippen LogP contribution in [0.4, 0.5) is 5.69 Å². The van der Waals surface area contributed by atoms with Crippen LogP contribution in [0.25, 0.3) is 0 Å². The minimum absolute atomic E-state index is 0.0325. The second-order valence-electron chi connectivity index (χ2n) is 3.43. The first kappa shape index (κ1) is 13.8. The Bertz CT molecular complexity index is 559. The van der Waals surface area contributed by atoms with Crippen LogP contribution in [0.2, 0.25) is 0 Å². The van der Waals surface area contributed by atoms with Crippen molar-refractivity contribution >= 4 is 57.3 Å². The standard InChI is InChI=1S/C11H10IN3OS2/c1-7-14-15-11(18-7)17-6-10(16)13-9-4-2-3-8(12)5-9/h2-5H,6H2,1H3,(H,13,16). The van der Waals surface area contributed by atoms with Crippen molar-refractivity contribution in [3.8, 4) is 0 Å². The van der Waals surface area contributed by atoms with Crippen LogP contribution in [0, 0.1) is 10.5 Å². The highest BCUT2D eigenvalue weighted by Gasteiger charge is 2.06. The Morgan fingerprint density at radius 2 is 2.33 bits per heavy atom. The largest absolute Gasteiger partial charge is 0.325 e. The molecule has 0 saturated carbocycles. The number of hydrogen-bond donors (Lipinski definition) is 1. The molecule has 94 valence electrons. The molecule has 0 aliphatic rings. The summed E-state index contributed by atoms with van der Waals surface area (Å²) in [6.07, 6.45) is 0. The Morgan fingerprint density at radius 1 is 1.50 bits per heavy atom. The van der Waals surface area contributed by atoms with Gasteiger partial charge >= 0.3 is 0 Å². The van der Waals surface area contributed by atoms with Crippen LogP contribution < -0.4 is 5.32 Å². The molecule has 0 radical (unpaired) electrons. The van der Waals surface area contributed by atoms with Gasteiger partial charge in [-0.05, 0) is 47.7 Å². The Balaban J connectivity index is 1.85. The van der Waals surface area contributed by atoms with E-state index in [1.54, 1.807) is 0 Å². The molecule has 1 amide bonds. The average Bonchev–Trinajstić information content (AvgIpc) is 2.73. The summed E-state index contributed by atoms with van der Waals surface area (Å²) < 4.78 is 1.92. The zero-order chi connectivity index (χ0) is 13.0. The van der Waals surface area contributed by atoms with Crippen LogP contribution in [0.3, 0.4) is 0 Å². The van der Waals surface area contributed by atoms with Gasteiger partial charge in [-0.3, -0.25) is 4.79 Å². The van der Waals surface area contributed by atoms with Gasteiger partial charge in [-0.1, -0.05) is 29.2 Å². The van der Waals surface area contributed by atoms with Crippen LogP contribution in [-0.4, -0.2) is 21.9 Å². The molecule has 1 aromatic carbocycles. The lowest BCUT2D eigenvalue weighted by Crippen LogP contribution is -2.13. The third-order valence-corrected chi connectivity index (χ3v) is 4.59. The molecule has 2 rings (SSSR count). The van der Waals surface area contributed by atoms with E-state index in [9.17, 15) is 4.79 Å². The van der Waals surface area contributed by atoms with E-state index in [4.69, 9.17) is 0 Å². The third-order valence-electron chi connectivity index (χ3n) is 1.94. The van der Waals surface area contributed by atoms with Crippen molar-refractivity contribution in [2.24, 2.45) is 0 Å². The fourth-order valence-electron chi connectivity index (χ4n) is 1.23. The van der Waals surface area contributed by atoms with Gasteiger partial charge in [-0.15, -0.1) is 10.2 Å². The summed E-state index contributed by atoms with van der Waals surface area (Å²) in [5, 5.41) is 11.6. The number of benzene rings is 1. The molecule has 0 fully saturated rings. The number of aromatic nitrogens is 2. The Hall–Kier alpha value is -0.670. The van der Waals surface area contributed by atoms with E-state index in [2.05, 4.69) is 38.1 Å². The number of rotatable bonds is 4. The van der Waals surface area contributed by atoms with Crippen LogP contribution in [0.5, 0.6) is 0 Å². The lowest BCUT2D eigenvalue weighted by atomic mass is 10.3. The monoisotopic (exact) mass is 391 g/mol. The number of carbonyl (C=O) groups is 1. The highest BCUT2D eigenvalue weighted by atomic mass is 127. The Morgan fingerprint density at radius 3 is 3.00 bits per heavy atom. The quantitative estimate of drug-likeness (QED) is 0.643. The number of aryl methyl sites for hydroxylation is 1. The Kier molecular flexibility index (Phi) is 4.95. The number of nitrogens with one attached hydrogen (secondary N) is 1.